The van der Waals surface area contributed by atoms with Crippen molar-refractivity contribution in [2.24, 2.45) is 5.73 Å². The number of nitrogens with zero attached hydrogens (tertiary/aromatic N) is 3. The van der Waals surface area contributed by atoms with Crippen LogP contribution in [0.15, 0.2) is 36.7 Å². The van der Waals surface area contributed by atoms with Crippen LogP contribution in [0.1, 0.15) is 6.42 Å². The first kappa shape index (κ1) is 12.9. The zero-order valence-corrected chi connectivity index (χ0v) is 11.5. The molecule has 0 amide bonds. The van der Waals surface area contributed by atoms with Gasteiger partial charge in [0.1, 0.15) is 17.9 Å². The first-order chi connectivity index (χ1) is 9.76. The molecule has 1 aromatic heterocycles. The zero-order valence-electron chi connectivity index (χ0n) is 11.5. The van der Waals surface area contributed by atoms with Crippen LogP contribution < -0.4 is 15.4 Å². The number of hydrogen-bond donors (Lipinski definition) is 1. The Labute approximate surface area is 118 Å². The van der Waals surface area contributed by atoms with E-state index in [0.29, 0.717) is 0 Å². The molecule has 2 heterocycles. The highest BCUT2D eigenvalue weighted by Gasteiger charge is 2.20. The van der Waals surface area contributed by atoms with Gasteiger partial charge in [-0.2, -0.15) is 0 Å². The molecule has 0 spiro atoms. The van der Waals surface area contributed by atoms with Crippen molar-refractivity contribution < 1.29 is 4.74 Å². The minimum absolute atomic E-state index is 0.245. The van der Waals surface area contributed by atoms with Gasteiger partial charge in [0.2, 0.25) is 0 Å². The number of benzene rings is 1. The quantitative estimate of drug-likeness (QED) is 0.919. The summed E-state index contributed by atoms with van der Waals surface area (Å²) in [6.45, 7) is 1.82. The molecule has 1 aromatic carbocycles. The van der Waals surface area contributed by atoms with E-state index in [2.05, 4.69) is 14.9 Å². The summed E-state index contributed by atoms with van der Waals surface area (Å²) in [6, 6.07) is 10.1. The molecule has 2 aromatic rings. The van der Waals surface area contributed by atoms with Gasteiger partial charge in [-0.25, -0.2) is 9.97 Å². The van der Waals surface area contributed by atoms with Gasteiger partial charge in [-0.3, -0.25) is 0 Å². The van der Waals surface area contributed by atoms with E-state index in [9.17, 15) is 0 Å². The monoisotopic (exact) mass is 270 g/mol. The van der Waals surface area contributed by atoms with Gasteiger partial charge in [-0.15, -0.1) is 0 Å². The molecule has 2 N–H and O–H groups in total. The largest absolute Gasteiger partial charge is 0.497 e. The maximum atomic E-state index is 5.94. The molecule has 1 saturated heterocycles. The molecular weight excluding hydrogens is 252 g/mol. The minimum atomic E-state index is 0.245. The normalized spacial score (nSPS) is 18.3. The van der Waals surface area contributed by atoms with E-state index in [4.69, 9.17) is 10.5 Å². The summed E-state index contributed by atoms with van der Waals surface area (Å²) in [5, 5.41) is 0. The number of hydrogen-bond acceptors (Lipinski definition) is 5. The van der Waals surface area contributed by atoms with Crippen LogP contribution in [0.3, 0.4) is 0 Å². The van der Waals surface area contributed by atoms with E-state index < -0.39 is 0 Å². The second-order valence-electron chi connectivity index (χ2n) is 4.98. The lowest BCUT2D eigenvalue weighted by Gasteiger charge is -2.17. The minimum Gasteiger partial charge on any atom is -0.497 e. The van der Waals surface area contributed by atoms with Crippen molar-refractivity contribution in [1.82, 2.24) is 9.97 Å². The van der Waals surface area contributed by atoms with Gasteiger partial charge < -0.3 is 15.4 Å². The first-order valence-electron chi connectivity index (χ1n) is 6.73. The van der Waals surface area contributed by atoms with Crippen LogP contribution >= 0.6 is 0 Å². The Balaban J connectivity index is 1.86. The zero-order chi connectivity index (χ0) is 13.9. The fraction of sp³-hybridized carbons (Fsp3) is 0.333. The van der Waals surface area contributed by atoms with E-state index in [-0.39, 0.29) is 6.04 Å². The third-order valence-electron chi connectivity index (χ3n) is 3.59. The molecule has 5 heteroatoms. The molecule has 0 saturated carbocycles. The lowest BCUT2D eigenvalue weighted by Crippen LogP contribution is -2.26. The topological polar surface area (TPSA) is 64.3 Å². The molecule has 5 nitrogen and oxygen atoms in total. The Bertz CT molecular complexity index is 585. The summed E-state index contributed by atoms with van der Waals surface area (Å²) < 4.78 is 5.17. The van der Waals surface area contributed by atoms with E-state index in [1.54, 1.807) is 13.4 Å². The van der Waals surface area contributed by atoms with Crippen molar-refractivity contribution in [3.8, 4) is 17.0 Å². The average molecular weight is 270 g/mol. The number of aromatic nitrogens is 2. The molecular formula is C15H18N4O. The molecule has 3 rings (SSSR count). The number of nitrogens with two attached hydrogens (primary N) is 1. The summed E-state index contributed by atoms with van der Waals surface area (Å²) in [7, 11) is 1.66. The van der Waals surface area contributed by atoms with Crippen molar-refractivity contribution in [3.05, 3.63) is 36.7 Å². The van der Waals surface area contributed by atoms with Crippen molar-refractivity contribution in [2.75, 3.05) is 25.1 Å². The van der Waals surface area contributed by atoms with Gasteiger partial charge in [-0.1, -0.05) is 0 Å². The van der Waals surface area contributed by atoms with Crippen molar-refractivity contribution >= 4 is 5.82 Å². The maximum absolute atomic E-state index is 5.94. The van der Waals surface area contributed by atoms with Crippen LogP contribution in [0.4, 0.5) is 5.82 Å². The van der Waals surface area contributed by atoms with Gasteiger partial charge in [-0.05, 0) is 30.7 Å². The Morgan fingerprint density at radius 2 is 2.05 bits per heavy atom. The molecule has 104 valence electrons. The van der Waals surface area contributed by atoms with Crippen molar-refractivity contribution in [3.63, 3.8) is 0 Å². The van der Waals surface area contributed by atoms with Crippen LogP contribution in [-0.2, 0) is 0 Å². The third-order valence-corrected chi connectivity index (χ3v) is 3.59. The second-order valence-corrected chi connectivity index (χ2v) is 4.98. The highest BCUT2D eigenvalue weighted by Crippen LogP contribution is 2.24. The Morgan fingerprint density at radius 3 is 2.70 bits per heavy atom. The maximum Gasteiger partial charge on any atom is 0.132 e. The molecule has 1 unspecified atom stereocenters. The second kappa shape index (κ2) is 5.46. The lowest BCUT2D eigenvalue weighted by molar-refractivity contribution is 0.415. The van der Waals surface area contributed by atoms with Crippen molar-refractivity contribution in [1.29, 1.82) is 0 Å². The van der Waals surface area contributed by atoms with E-state index in [1.165, 1.54) is 0 Å². The number of anilines is 1. The smallest absolute Gasteiger partial charge is 0.132 e. The van der Waals surface area contributed by atoms with Crippen LogP contribution in [0.25, 0.3) is 11.3 Å². The van der Waals surface area contributed by atoms with Crippen LogP contribution in [0.5, 0.6) is 5.75 Å². The molecule has 20 heavy (non-hydrogen) atoms. The summed E-state index contributed by atoms with van der Waals surface area (Å²) in [4.78, 5) is 10.9. The number of rotatable bonds is 3. The standard InChI is InChI=1S/C15H18N4O/c1-20-13-4-2-11(3-5-13)14-8-15(18-10-17-14)19-7-6-12(16)9-19/h2-5,8,10,12H,6-7,9,16H2,1H3. The van der Waals surface area contributed by atoms with Crippen LogP contribution in [0, 0.1) is 0 Å². The number of methoxy groups -OCH3 is 1. The first-order valence-corrected chi connectivity index (χ1v) is 6.73. The van der Waals surface area contributed by atoms with Gasteiger partial charge in [0.25, 0.3) is 0 Å². The third kappa shape index (κ3) is 2.58. The van der Waals surface area contributed by atoms with E-state index >= 15 is 0 Å². The summed E-state index contributed by atoms with van der Waals surface area (Å²) >= 11 is 0. The number of ether oxygens (including phenoxy) is 1. The molecule has 0 radical (unpaired) electrons. The molecule has 1 aliphatic rings. The van der Waals surface area contributed by atoms with Gasteiger partial charge >= 0.3 is 0 Å². The fourth-order valence-electron chi connectivity index (χ4n) is 2.44. The van der Waals surface area contributed by atoms with Gasteiger partial charge in [0.15, 0.2) is 0 Å². The highest BCUT2D eigenvalue weighted by atomic mass is 16.5. The Morgan fingerprint density at radius 1 is 1.25 bits per heavy atom. The Hall–Kier alpha value is -2.14. The fourth-order valence-corrected chi connectivity index (χ4v) is 2.44. The lowest BCUT2D eigenvalue weighted by atomic mass is 10.1. The summed E-state index contributed by atoms with van der Waals surface area (Å²) in [6.07, 6.45) is 2.63. The van der Waals surface area contributed by atoms with Gasteiger partial charge in [0, 0.05) is 30.8 Å². The SMILES string of the molecule is COc1ccc(-c2cc(N3CCC(N)C3)ncn2)cc1. The Kier molecular flexibility index (Phi) is 3.52. The van der Waals surface area contributed by atoms with E-state index in [0.717, 1.165) is 42.3 Å². The predicted molar refractivity (Wildman–Crippen MR) is 78.8 cm³/mol. The highest BCUT2D eigenvalue weighted by molar-refractivity contribution is 5.63. The van der Waals surface area contributed by atoms with Gasteiger partial charge in [0.05, 0.1) is 12.8 Å². The summed E-state index contributed by atoms with van der Waals surface area (Å²) in [5.74, 6) is 1.78. The molecule has 1 atom stereocenters. The van der Waals surface area contributed by atoms with Crippen LogP contribution in [-0.4, -0.2) is 36.2 Å². The molecule has 1 aliphatic heterocycles. The summed E-state index contributed by atoms with van der Waals surface area (Å²) in [5.41, 5.74) is 7.91. The van der Waals surface area contributed by atoms with Crippen molar-refractivity contribution in [2.45, 2.75) is 12.5 Å². The molecule has 1 fully saturated rings. The molecule has 0 aliphatic carbocycles. The molecule has 0 bridgehead atoms. The van der Waals surface area contributed by atoms with E-state index in [1.807, 2.05) is 30.3 Å². The predicted octanol–water partition coefficient (Wildman–Crippen LogP) is 1.69. The average Bonchev–Trinajstić information content (AvgIpc) is 2.94. The van der Waals surface area contributed by atoms with Crippen LogP contribution in [0.2, 0.25) is 0 Å².